The summed E-state index contributed by atoms with van der Waals surface area (Å²) in [5.41, 5.74) is 4.26. The number of carbonyl (C=O) groups is 3. The molecule has 0 saturated carbocycles. The van der Waals surface area contributed by atoms with Crippen molar-refractivity contribution in [2.45, 2.75) is 26.3 Å². The van der Waals surface area contributed by atoms with E-state index in [1.54, 1.807) is 10.9 Å². The lowest BCUT2D eigenvalue weighted by Crippen LogP contribution is -2.31. The molecule has 1 aliphatic rings. The fourth-order valence-corrected chi connectivity index (χ4v) is 3.39. The highest BCUT2D eigenvalue weighted by molar-refractivity contribution is 6.22. The van der Waals surface area contributed by atoms with Crippen LogP contribution in [0.2, 0.25) is 0 Å². The largest absolute Gasteiger partial charge is 0.478 e. The van der Waals surface area contributed by atoms with Crippen molar-refractivity contribution in [3.05, 3.63) is 59.4 Å². The summed E-state index contributed by atoms with van der Waals surface area (Å²) in [4.78, 5) is 42.0. The summed E-state index contributed by atoms with van der Waals surface area (Å²) >= 11 is 0. The van der Waals surface area contributed by atoms with Gasteiger partial charge >= 0.3 is 5.97 Å². The minimum Gasteiger partial charge on any atom is -0.478 e. The van der Waals surface area contributed by atoms with Gasteiger partial charge in [-0.25, -0.2) is 14.7 Å². The van der Waals surface area contributed by atoms with Crippen molar-refractivity contribution in [1.82, 2.24) is 9.55 Å². The van der Waals surface area contributed by atoms with Crippen molar-refractivity contribution < 1.29 is 19.5 Å². The number of aromatic carboxylic acids is 1. The van der Waals surface area contributed by atoms with Crippen LogP contribution in [0, 0.1) is 13.8 Å². The van der Waals surface area contributed by atoms with Crippen LogP contribution in [0.25, 0.3) is 11.0 Å². The summed E-state index contributed by atoms with van der Waals surface area (Å²) in [6.45, 7) is 3.99. The molecule has 136 valence electrons. The predicted molar refractivity (Wildman–Crippen MR) is 98.8 cm³/mol. The molecule has 1 aliphatic heterocycles. The average molecular weight is 363 g/mol. The second kappa shape index (κ2) is 6.05. The molecule has 0 unspecified atom stereocenters. The number of rotatable bonds is 3. The minimum atomic E-state index is -1.06. The number of benzene rings is 2. The van der Waals surface area contributed by atoms with Crippen LogP contribution in [0.3, 0.4) is 0 Å². The summed E-state index contributed by atoms with van der Waals surface area (Å²) in [6, 6.07) is 8.98. The van der Waals surface area contributed by atoms with Gasteiger partial charge in [-0.1, -0.05) is 0 Å². The molecule has 27 heavy (non-hydrogen) atoms. The summed E-state index contributed by atoms with van der Waals surface area (Å²) < 4.78 is 1.74. The van der Waals surface area contributed by atoms with Gasteiger partial charge in [-0.2, -0.15) is 0 Å². The standard InChI is InChI=1S/C20H17N3O4/c1-11-7-15-16(8-12(11)2)22(10-21-15)17-9-18(24)23(19(17)25)14-5-3-13(4-6-14)20(26)27/h3-8,10,17H,9H2,1-2H3,(H,26,27)/t17-/m0/s1. The molecule has 1 N–H and O–H groups in total. The molecule has 0 radical (unpaired) electrons. The third-order valence-electron chi connectivity index (χ3n) is 5.02. The maximum absolute atomic E-state index is 13.0. The molecule has 1 fully saturated rings. The number of amides is 2. The van der Waals surface area contributed by atoms with Crippen LogP contribution < -0.4 is 4.90 Å². The van der Waals surface area contributed by atoms with Crippen LogP contribution >= 0.6 is 0 Å². The van der Waals surface area contributed by atoms with Gasteiger partial charge in [-0.15, -0.1) is 0 Å². The first kappa shape index (κ1) is 17.0. The lowest BCUT2D eigenvalue weighted by Gasteiger charge is -2.16. The Hall–Kier alpha value is -3.48. The third kappa shape index (κ3) is 2.68. The quantitative estimate of drug-likeness (QED) is 0.723. The van der Waals surface area contributed by atoms with Gasteiger partial charge in [0.2, 0.25) is 5.91 Å². The Labute approximate surface area is 154 Å². The van der Waals surface area contributed by atoms with Crippen LogP contribution in [0.4, 0.5) is 5.69 Å². The summed E-state index contributed by atoms with van der Waals surface area (Å²) in [6.07, 6.45) is 1.63. The van der Waals surface area contributed by atoms with Crippen molar-refractivity contribution in [2.24, 2.45) is 0 Å². The first-order valence-electron chi connectivity index (χ1n) is 8.51. The molecular weight excluding hydrogens is 346 g/mol. The molecule has 1 atom stereocenters. The maximum Gasteiger partial charge on any atom is 0.335 e. The van der Waals surface area contributed by atoms with Gasteiger partial charge in [0.05, 0.1) is 35.0 Å². The minimum absolute atomic E-state index is 0.0396. The highest BCUT2D eigenvalue weighted by Gasteiger charge is 2.41. The highest BCUT2D eigenvalue weighted by Crippen LogP contribution is 2.32. The fraction of sp³-hybridized carbons (Fsp3) is 0.200. The van der Waals surface area contributed by atoms with Gasteiger partial charge in [0, 0.05) is 0 Å². The van der Waals surface area contributed by atoms with E-state index in [-0.39, 0.29) is 23.8 Å². The summed E-state index contributed by atoms with van der Waals surface area (Å²) in [5, 5.41) is 9.00. The number of imide groups is 1. The molecule has 0 bridgehead atoms. The molecular formula is C20H17N3O4. The Morgan fingerprint density at radius 2 is 1.78 bits per heavy atom. The zero-order valence-electron chi connectivity index (χ0n) is 14.8. The zero-order chi connectivity index (χ0) is 19.3. The van der Waals surface area contributed by atoms with Crippen molar-refractivity contribution >= 4 is 34.5 Å². The number of anilines is 1. The molecule has 7 nitrogen and oxygen atoms in total. The number of hydrogen-bond donors (Lipinski definition) is 1. The Kier molecular flexibility index (Phi) is 3.80. The van der Waals surface area contributed by atoms with Crippen molar-refractivity contribution in [2.75, 3.05) is 4.90 Å². The van der Waals surface area contributed by atoms with Gasteiger partial charge in [0.15, 0.2) is 0 Å². The maximum atomic E-state index is 13.0. The number of carboxylic acids is 1. The monoisotopic (exact) mass is 363 g/mol. The number of imidazole rings is 1. The zero-order valence-corrected chi connectivity index (χ0v) is 14.8. The average Bonchev–Trinajstić information content (AvgIpc) is 3.15. The van der Waals surface area contributed by atoms with Gasteiger partial charge in [-0.3, -0.25) is 9.59 Å². The Bertz CT molecular complexity index is 1100. The molecule has 3 aromatic rings. The van der Waals surface area contributed by atoms with E-state index in [4.69, 9.17) is 5.11 Å². The molecule has 2 amide bonds. The van der Waals surface area contributed by atoms with E-state index < -0.39 is 12.0 Å². The van der Waals surface area contributed by atoms with E-state index in [2.05, 4.69) is 4.98 Å². The Balaban J connectivity index is 1.71. The Morgan fingerprint density at radius 1 is 1.11 bits per heavy atom. The number of carboxylic acid groups (broad SMARTS) is 1. The number of fused-ring (bicyclic) bond motifs is 1. The van der Waals surface area contributed by atoms with E-state index in [0.717, 1.165) is 27.1 Å². The van der Waals surface area contributed by atoms with Crippen LogP contribution in [0.1, 0.15) is 33.9 Å². The van der Waals surface area contributed by atoms with Crippen molar-refractivity contribution in [3.8, 4) is 0 Å². The number of aryl methyl sites for hydroxylation is 2. The molecule has 2 aromatic carbocycles. The van der Waals surface area contributed by atoms with Gasteiger partial charge < -0.3 is 9.67 Å². The molecule has 7 heteroatoms. The number of nitrogens with zero attached hydrogens (tertiary/aromatic N) is 3. The normalized spacial score (nSPS) is 17.1. The first-order valence-corrected chi connectivity index (χ1v) is 8.51. The molecule has 1 saturated heterocycles. The lowest BCUT2D eigenvalue weighted by molar-refractivity contribution is -0.122. The number of aromatic nitrogens is 2. The second-order valence-electron chi connectivity index (χ2n) is 6.72. The first-order chi connectivity index (χ1) is 12.9. The predicted octanol–water partition coefficient (Wildman–Crippen LogP) is 2.86. The van der Waals surface area contributed by atoms with Crippen LogP contribution in [-0.2, 0) is 9.59 Å². The van der Waals surface area contributed by atoms with Crippen LogP contribution in [0.5, 0.6) is 0 Å². The smallest absolute Gasteiger partial charge is 0.335 e. The van der Waals surface area contributed by atoms with Crippen LogP contribution in [-0.4, -0.2) is 32.4 Å². The van der Waals surface area contributed by atoms with Gasteiger partial charge in [0.1, 0.15) is 6.04 Å². The molecule has 4 rings (SSSR count). The Morgan fingerprint density at radius 3 is 2.44 bits per heavy atom. The number of carbonyl (C=O) groups excluding carboxylic acids is 2. The van der Waals surface area contributed by atoms with E-state index in [1.165, 1.54) is 24.3 Å². The second-order valence-corrected chi connectivity index (χ2v) is 6.72. The van der Waals surface area contributed by atoms with E-state index in [1.807, 2.05) is 26.0 Å². The van der Waals surface area contributed by atoms with E-state index >= 15 is 0 Å². The molecule has 0 spiro atoms. The molecule has 2 heterocycles. The van der Waals surface area contributed by atoms with Gasteiger partial charge in [-0.05, 0) is 61.4 Å². The highest BCUT2D eigenvalue weighted by atomic mass is 16.4. The number of hydrogen-bond acceptors (Lipinski definition) is 4. The molecule has 0 aliphatic carbocycles. The van der Waals surface area contributed by atoms with Crippen molar-refractivity contribution in [1.29, 1.82) is 0 Å². The van der Waals surface area contributed by atoms with Gasteiger partial charge in [0.25, 0.3) is 5.91 Å². The summed E-state index contributed by atoms with van der Waals surface area (Å²) in [7, 11) is 0. The topological polar surface area (TPSA) is 92.5 Å². The van der Waals surface area contributed by atoms with Crippen LogP contribution in [0.15, 0.2) is 42.7 Å². The fourth-order valence-electron chi connectivity index (χ4n) is 3.39. The van der Waals surface area contributed by atoms with E-state index in [9.17, 15) is 14.4 Å². The third-order valence-corrected chi connectivity index (χ3v) is 5.02. The lowest BCUT2D eigenvalue weighted by atomic mass is 10.1. The summed E-state index contributed by atoms with van der Waals surface area (Å²) in [5.74, 6) is -1.73. The van der Waals surface area contributed by atoms with E-state index in [0.29, 0.717) is 5.69 Å². The van der Waals surface area contributed by atoms with Crippen molar-refractivity contribution in [3.63, 3.8) is 0 Å². The SMILES string of the molecule is Cc1cc2ncn([C@H]3CC(=O)N(c4ccc(C(=O)O)cc4)C3=O)c2cc1C. The molecule has 1 aromatic heterocycles.